The number of esters is 1. The molecule has 1 aromatic carbocycles. The summed E-state index contributed by atoms with van der Waals surface area (Å²) in [7, 11) is 0. The van der Waals surface area contributed by atoms with Crippen LogP contribution in [0, 0.1) is 5.82 Å². The van der Waals surface area contributed by atoms with Crippen LogP contribution in [0.3, 0.4) is 0 Å². The van der Waals surface area contributed by atoms with Crippen molar-refractivity contribution in [2.24, 2.45) is 0 Å². The van der Waals surface area contributed by atoms with E-state index in [4.69, 9.17) is 5.73 Å². The zero-order valence-corrected chi connectivity index (χ0v) is 9.67. The zero-order valence-electron chi connectivity index (χ0n) is 9.67. The molecule has 8 heteroatoms. The molecule has 0 heterocycles. The van der Waals surface area contributed by atoms with Gasteiger partial charge >= 0.3 is 12.1 Å². The molecule has 0 amide bonds. The number of ether oxygens (including phenoxy) is 2. The molecule has 0 saturated heterocycles. The maximum absolute atomic E-state index is 12.9. The summed E-state index contributed by atoms with van der Waals surface area (Å²) in [4.78, 5) is 11.4. The van der Waals surface area contributed by atoms with Crippen LogP contribution in [0.5, 0.6) is 0 Å². The van der Waals surface area contributed by atoms with Crippen molar-refractivity contribution in [1.29, 1.82) is 0 Å². The first-order valence-electron chi connectivity index (χ1n) is 5.15. The highest BCUT2D eigenvalue weighted by atomic mass is 19.4. The first-order chi connectivity index (χ1) is 8.78. The van der Waals surface area contributed by atoms with Gasteiger partial charge < -0.3 is 15.2 Å². The lowest BCUT2D eigenvalue weighted by atomic mass is 10.2. The molecule has 0 spiro atoms. The number of nitrogen functional groups attached to an aromatic ring is 1. The van der Waals surface area contributed by atoms with Gasteiger partial charge in [-0.25, -0.2) is 9.18 Å². The van der Waals surface area contributed by atoms with Crippen LogP contribution in [0.1, 0.15) is 10.4 Å². The summed E-state index contributed by atoms with van der Waals surface area (Å²) in [5, 5.41) is 0. The number of nitrogens with two attached hydrogens (primary N) is 1. The van der Waals surface area contributed by atoms with Crippen molar-refractivity contribution in [2.75, 3.05) is 25.6 Å². The highest BCUT2D eigenvalue weighted by Crippen LogP contribution is 2.14. The number of carbonyl (C=O) groups is 1. The number of hydrogen-bond acceptors (Lipinski definition) is 4. The summed E-state index contributed by atoms with van der Waals surface area (Å²) >= 11 is 0. The van der Waals surface area contributed by atoms with E-state index < -0.39 is 31.2 Å². The van der Waals surface area contributed by atoms with Crippen LogP contribution in [-0.4, -0.2) is 32.0 Å². The Morgan fingerprint density at radius 3 is 2.47 bits per heavy atom. The Bertz CT molecular complexity index is 428. The molecule has 106 valence electrons. The van der Waals surface area contributed by atoms with Crippen LogP contribution in [0.2, 0.25) is 0 Å². The van der Waals surface area contributed by atoms with Crippen molar-refractivity contribution >= 4 is 11.7 Å². The standard InChI is InChI=1S/C11H11F4NO3/c12-8-3-7(4-9(16)5-8)10(17)19-2-1-18-6-11(13,14)15/h3-5H,1-2,6,16H2. The monoisotopic (exact) mass is 281 g/mol. The Morgan fingerprint density at radius 2 is 1.89 bits per heavy atom. The first kappa shape index (κ1) is 15.2. The number of halogens is 4. The van der Waals surface area contributed by atoms with Crippen LogP contribution >= 0.6 is 0 Å². The maximum atomic E-state index is 12.9. The van der Waals surface area contributed by atoms with Gasteiger partial charge in [0.1, 0.15) is 19.0 Å². The third-order valence-corrected chi connectivity index (χ3v) is 1.88. The first-order valence-corrected chi connectivity index (χ1v) is 5.15. The summed E-state index contributed by atoms with van der Waals surface area (Å²) < 4.78 is 56.9. The van der Waals surface area contributed by atoms with Crippen molar-refractivity contribution in [3.05, 3.63) is 29.6 Å². The van der Waals surface area contributed by atoms with Gasteiger partial charge in [-0.2, -0.15) is 13.2 Å². The summed E-state index contributed by atoms with van der Waals surface area (Å²) in [6.45, 7) is -2.20. The number of hydrogen-bond donors (Lipinski definition) is 1. The zero-order chi connectivity index (χ0) is 14.5. The van der Waals surface area contributed by atoms with E-state index in [2.05, 4.69) is 9.47 Å². The lowest BCUT2D eigenvalue weighted by Crippen LogP contribution is -2.19. The van der Waals surface area contributed by atoms with Gasteiger partial charge in [-0.15, -0.1) is 0 Å². The minimum Gasteiger partial charge on any atom is -0.460 e. The van der Waals surface area contributed by atoms with Crippen LogP contribution in [-0.2, 0) is 9.47 Å². The third-order valence-electron chi connectivity index (χ3n) is 1.88. The average Bonchev–Trinajstić information content (AvgIpc) is 2.25. The highest BCUT2D eigenvalue weighted by Gasteiger charge is 2.27. The van der Waals surface area contributed by atoms with Crippen LogP contribution in [0.4, 0.5) is 23.2 Å². The van der Waals surface area contributed by atoms with Gasteiger partial charge in [0.05, 0.1) is 12.2 Å². The fourth-order valence-corrected chi connectivity index (χ4v) is 1.19. The van der Waals surface area contributed by atoms with Crippen LogP contribution in [0.25, 0.3) is 0 Å². The quantitative estimate of drug-likeness (QED) is 0.389. The van der Waals surface area contributed by atoms with E-state index in [1.165, 1.54) is 6.07 Å². The number of carbonyl (C=O) groups excluding carboxylic acids is 1. The molecule has 0 saturated carbocycles. The van der Waals surface area contributed by atoms with Gasteiger partial charge in [-0.05, 0) is 18.2 Å². The molecule has 1 aromatic rings. The Balaban J connectivity index is 2.35. The van der Waals surface area contributed by atoms with E-state index in [1.54, 1.807) is 0 Å². The maximum Gasteiger partial charge on any atom is 0.411 e. The van der Waals surface area contributed by atoms with Crippen LogP contribution < -0.4 is 5.73 Å². The smallest absolute Gasteiger partial charge is 0.411 e. The lowest BCUT2D eigenvalue weighted by Gasteiger charge is -2.08. The van der Waals surface area contributed by atoms with Crippen molar-refractivity contribution in [2.45, 2.75) is 6.18 Å². The van der Waals surface area contributed by atoms with E-state index in [9.17, 15) is 22.4 Å². The Hall–Kier alpha value is -1.83. The van der Waals surface area contributed by atoms with Crippen LogP contribution in [0.15, 0.2) is 18.2 Å². The topological polar surface area (TPSA) is 61.6 Å². The van der Waals surface area contributed by atoms with E-state index in [0.717, 1.165) is 12.1 Å². The molecule has 0 aliphatic heterocycles. The molecule has 0 aromatic heterocycles. The molecule has 0 aliphatic carbocycles. The fraction of sp³-hybridized carbons (Fsp3) is 0.364. The lowest BCUT2D eigenvalue weighted by molar-refractivity contribution is -0.175. The van der Waals surface area contributed by atoms with Gasteiger partial charge in [-0.1, -0.05) is 0 Å². The van der Waals surface area contributed by atoms with Crippen molar-refractivity contribution < 1.29 is 31.8 Å². The molecule has 19 heavy (non-hydrogen) atoms. The van der Waals surface area contributed by atoms with E-state index in [-0.39, 0.29) is 17.9 Å². The number of anilines is 1. The summed E-state index contributed by atoms with van der Waals surface area (Å²) in [6, 6.07) is 3.13. The van der Waals surface area contributed by atoms with Crippen molar-refractivity contribution in [1.82, 2.24) is 0 Å². The summed E-state index contributed by atoms with van der Waals surface area (Å²) in [6.07, 6.45) is -4.43. The van der Waals surface area contributed by atoms with Gasteiger partial charge in [0.15, 0.2) is 0 Å². The molecular formula is C11H11F4NO3. The molecule has 0 atom stereocenters. The Morgan fingerprint density at radius 1 is 1.21 bits per heavy atom. The third kappa shape index (κ3) is 6.05. The summed E-state index contributed by atoms with van der Waals surface area (Å²) in [5.41, 5.74) is 5.25. The minimum absolute atomic E-state index is 0.0419. The SMILES string of the molecule is Nc1cc(F)cc(C(=O)OCCOCC(F)(F)F)c1. The molecule has 0 bridgehead atoms. The Kier molecular flexibility index (Phi) is 5.11. The second-order valence-corrected chi connectivity index (χ2v) is 3.58. The number of benzene rings is 1. The van der Waals surface area contributed by atoms with Crippen molar-refractivity contribution in [3.8, 4) is 0 Å². The second-order valence-electron chi connectivity index (χ2n) is 3.58. The predicted octanol–water partition coefficient (Wildman–Crippen LogP) is 2.14. The average molecular weight is 281 g/mol. The van der Waals surface area contributed by atoms with Gasteiger partial charge in [-0.3, -0.25) is 0 Å². The second kappa shape index (κ2) is 6.37. The largest absolute Gasteiger partial charge is 0.460 e. The van der Waals surface area contributed by atoms with Gasteiger partial charge in [0.2, 0.25) is 0 Å². The molecule has 0 radical (unpaired) electrons. The number of rotatable bonds is 5. The highest BCUT2D eigenvalue weighted by molar-refractivity contribution is 5.90. The minimum atomic E-state index is -4.43. The summed E-state index contributed by atoms with van der Waals surface area (Å²) in [5.74, 6) is -1.60. The molecule has 0 unspecified atom stereocenters. The predicted molar refractivity (Wildman–Crippen MR) is 58.0 cm³/mol. The number of alkyl halides is 3. The molecular weight excluding hydrogens is 270 g/mol. The molecule has 0 aliphatic rings. The molecule has 1 rings (SSSR count). The van der Waals surface area contributed by atoms with Crippen molar-refractivity contribution in [3.63, 3.8) is 0 Å². The van der Waals surface area contributed by atoms with Gasteiger partial charge in [0.25, 0.3) is 0 Å². The van der Waals surface area contributed by atoms with E-state index in [0.29, 0.717) is 0 Å². The molecule has 4 nitrogen and oxygen atoms in total. The normalized spacial score (nSPS) is 11.4. The van der Waals surface area contributed by atoms with E-state index >= 15 is 0 Å². The fourth-order valence-electron chi connectivity index (χ4n) is 1.19. The molecule has 0 fully saturated rings. The van der Waals surface area contributed by atoms with Gasteiger partial charge in [0, 0.05) is 5.69 Å². The van der Waals surface area contributed by atoms with E-state index in [1.807, 2.05) is 0 Å². The Labute approximate surface area is 106 Å². The molecule has 2 N–H and O–H groups in total.